The normalized spacial score (nSPS) is 12.8. The minimum Gasteiger partial charge on any atom is -0.396 e. The van der Waals surface area contributed by atoms with E-state index in [9.17, 15) is 0 Å². The summed E-state index contributed by atoms with van der Waals surface area (Å²) in [6.07, 6.45) is 5.36. The van der Waals surface area contributed by atoms with Crippen LogP contribution in [-0.4, -0.2) is 23.7 Å². The van der Waals surface area contributed by atoms with Crippen molar-refractivity contribution in [1.82, 2.24) is 10.3 Å². The van der Waals surface area contributed by atoms with Crippen LogP contribution < -0.4 is 5.32 Å². The van der Waals surface area contributed by atoms with E-state index < -0.39 is 0 Å². The van der Waals surface area contributed by atoms with Crippen molar-refractivity contribution in [2.45, 2.75) is 18.9 Å². The number of aliphatic hydroxyl groups excluding tert-OH is 1. The Hall–Kier alpha value is -0.930. The fraction of sp³-hybridized carbons (Fsp3) is 0.500. The number of nitrogens with one attached hydrogen (secondary N) is 1. The Kier molecular flexibility index (Phi) is 4.43. The molecular formula is C10H16N2O. The number of aromatic nitrogens is 1. The Morgan fingerprint density at radius 1 is 1.46 bits per heavy atom. The van der Waals surface area contributed by atoms with E-state index in [1.807, 2.05) is 19.2 Å². The Morgan fingerprint density at radius 3 is 2.69 bits per heavy atom. The molecule has 3 nitrogen and oxygen atoms in total. The van der Waals surface area contributed by atoms with E-state index in [0.29, 0.717) is 6.04 Å². The third kappa shape index (κ3) is 3.13. The highest BCUT2D eigenvalue weighted by atomic mass is 16.2. The van der Waals surface area contributed by atoms with Crippen molar-refractivity contribution in [3.05, 3.63) is 30.1 Å². The van der Waals surface area contributed by atoms with Gasteiger partial charge in [0.25, 0.3) is 0 Å². The van der Waals surface area contributed by atoms with Crippen LogP contribution in [0.25, 0.3) is 0 Å². The maximum Gasteiger partial charge on any atom is 0.0431 e. The summed E-state index contributed by atoms with van der Waals surface area (Å²) in [5.41, 5.74) is 1.23. The monoisotopic (exact) mass is 180 g/mol. The molecule has 1 unspecified atom stereocenters. The fourth-order valence-electron chi connectivity index (χ4n) is 1.37. The van der Waals surface area contributed by atoms with E-state index >= 15 is 0 Å². The highest BCUT2D eigenvalue weighted by Crippen LogP contribution is 2.16. The second-order valence-electron chi connectivity index (χ2n) is 2.99. The van der Waals surface area contributed by atoms with Gasteiger partial charge in [0, 0.05) is 25.0 Å². The van der Waals surface area contributed by atoms with Gasteiger partial charge in [0.15, 0.2) is 0 Å². The van der Waals surface area contributed by atoms with E-state index in [2.05, 4.69) is 10.3 Å². The first kappa shape index (κ1) is 10.2. The van der Waals surface area contributed by atoms with Gasteiger partial charge >= 0.3 is 0 Å². The van der Waals surface area contributed by atoms with Gasteiger partial charge in [-0.3, -0.25) is 4.98 Å². The molecule has 0 bridgehead atoms. The van der Waals surface area contributed by atoms with Crippen LogP contribution in [0.5, 0.6) is 0 Å². The van der Waals surface area contributed by atoms with Crippen molar-refractivity contribution in [1.29, 1.82) is 0 Å². The van der Waals surface area contributed by atoms with Crippen LogP contribution in [0.2, 0.25) is 0 Å². The standard InChI is InChI=1S/C10H16N2O/c1-11-10(3-2-8-13)9-4-6-12-7-5-9/h4-7,10-11,13H,2-3,8H2,1H3. The maximum absolute atomic E-state index is 8.72. The van der Waals surface area contributed by atoms with Crippen molar-refractivity contribution in [3.63, 3.8) is 0 Å². The van der Waals surface area contributed by atoms with Gasteiger partial charge in [-0.2, -0.15) is 0 Å². The number of pyridine rings is 1. The quantitative estimate of drug-likeness (QED) is 0.713. The molecule has 2 N–H and O–H groups in total. The Morgan fingerprint density at radius 2 is 2.15 bits per heavy atom. The van der Waals surface area contributed by atoms with E-state index in [0.717, 1.165) is 12.8 Å². The number of hydrogen-bond acceptors (Lipinski definition) is 3. The minimum absolute atomic E-state index is 0.253. The predicted octanol–water partition coefficient (Wildman–Crippen LogP) is 1.11. The average Bonchev–Trinajstić information content (AvgIpc) is 2.21. The summed E-state index contributed by atoms with van der Waals surface area (Å²) in [5.74, 6) is 0. The van der Waals surface area contributed by atoms with Gasteiger partial charge < -0.3 is 10.4 Å². The van der Waals surface area contributed by atoms with Gasteiger partial charge in [-0.1, -0.05) is 0 Å². The lowest BCUT2D eigenvalue weighted by Gasteiger charge is -2.15. The van der Waals surface area contributed by atoms with Crippen LogP contribution in [0, 0.1) is 0 Å². The summed E-state index contributed by atoms with van der Waals surface area (Å²) in [5, 5.41) is 11.9. The third-order valence-electron chi connectivity index (χ3n) is 2.11. The largest absolute Gasteiger partial charge is 0.396 e. The fourth-order valence-corrected chi connectivity index (χ4v) is 1.37. The number of aliphatic hydroxyl groups is 1. The highest BCUT2D eigenvalue weighted by molar-refractivity contribution is 5.14. The summed E-state index contributed by atoms with van der Waals surface area (Å²) in [6, 6.07) is 4.33. The van der Waals surface area contributed by atoms with Crippen LogP contribution >= 0.6 is 0 Å². The second-order valence-corrected chi connectivity index (χ2v) is 2.99. The lowest BCUT2D eigenvalue weighted by atomic mass is 10.0. The molecule has 1 aromatic rings. The van der Waals surface area contributed by atoms with Gasteiger partial charge in [-0.25, -0.2) is 0 Å². The Labute approximate surface area is 78.8 Å². The van der Waals surface area contributed by atoms with E-state index in [-0.39, 0.29) is 6.61 Å². The summed E-state index contributed by atoms with van der Waals surface area (Å²) < 4.78 is 0. The zero-order valence-corrected chi connectivity index (χ0v) is 7.90. The van der Waals surface area contributed by atoms with Crippen molar-refractivity contribution in [3.8, 4) is 0 Å². The number of hydrogen-bond donors (Lipinski definition) is 2. The lowest BCUT2D eigenvalue weighted by Crippen LogP contribution is -2.16. The SMILES string of the molecule is CNC(CCCO)c1ccncc1. The smallest absolute Gasteiger partial charge is 0.0431 e. The van der Waals surface area contributed by atoms with Gasteiger partial charge in [0.1, 0.15) is 0 Å². The lowest BCUT2D eigenvalue weighted by molar-refractivity contribution is 0.276. The first-order valence-electron chi connectivity index (χ1n) is 4.56. The Balaban J connectivity index is 2.56. The molecule has 1 aromatic heterocycles. The molecule has 0 aromatic carbocycles. The molecule has 0 saturated carbocycles. The van der Waals surface area contributed by atoms with Crippen molar-refractivity contribution < 1.29 is 5.11 Å². The van der Waals surface area contributed by atoms with Crippen LogP contribution in [0.4, 0.5) is 0 Å². The van der Waals surface area contributed by atoms with Gasteiger partial charge in [0.2, 0.25) is 0 Å². The van der Waals surface area contributed by atoms with E-state index in [1.54, 1.807) is 12.4 Å². The minimum atomic E-state index is 0.253. The van der Waals surface area contributed by atoms with Crippen LogP contribution in [0.15, 0.2) is 24.5 Å². The van der Waals surface area contributed by atoms with E-state index in [1.165, 1.54) is 5.56 Å². The molecule has 0 saturated heterocycles. The molecule has 0 amide bonds. The maximum atomic E-state index is 8.72. The van der Waals surface area contributed by atoms with Crippen LogP contribution in [-0.2, 0) is 0 Å². The average molecular weight is 180 g/mol. The molecule has 0 aliphatic carbocycles. The highest BCUT2D eigenvalue weighted by Gasteiger charge is 2.06. The third-order valence-corrected chi connectivity index (χ3v) is 2.11. The molecule has 0 radical (unpaired) electrons. The molecule has 72 valence electrons. The predicted molar refractivity (Wildman–Crippen MR) is 52.4 cm³/mol. The first-order valence-corrected chi connectivity index (χ1v) is 4.56. The number of rotatable bonds is 5. The van der Waals surface area contributed by atoms with Crippen molar-refractivity contribution in [2.24, 2.45) is 0 Å². The topological polar surface area (TPSA) is 45.1 Å². The molecule has 1 atom stereocenters. The summed E-state index contributed by atoms with van der Waals surface area (Å²) in [6.45, 7) is 0.253. The molecule has 0 spiro atoms. The molecule has 13 heavy (non-hydrogen) atoms. The summed E-state index contributed by atoms with van der Waals surface area (Å²) in [4.78, 5) is 3.97. The van der Waals surface area contributed by atoms with Gasteiger partial charge in [-0.15, -0.1) is 0 Å². The molecular weight excluding hydrogens is 164 g/mol. The van der Waals surface area contributed by atoms with E-state index in [4.69, 9.17) is 5.11 Å². The molecule has 1 heterocycles. The van der Waals surface area contributed by atoms with Crippen LogP contribution in [0.3, 0.4) is 0 Å². The zero-order chi connectivity index (χ0) is 9.52. The molecule has 0 aliphatic rings. The molecule has 1 rings (SSSR count). The van der Waals surface area contributed by atoms with Gasteiger partial charge in [-0.05, 0) is 37.6 Å². The number of nitrogens with zero attached hydrogens (tertiary/aromatic N) is 1. The van der Waals surface area contributed by atoms with Gasteiger partial charge in [0.05, 0.1) is 0 Å². The second kappa shape index (κ2) is 5.67. The summed E-state index contributed by atoms with van der Waals surface area (Å²) >= 11 is 0. The molecule has 3 heteroatoms. The molecule has 0 aliphatic heterocycles. The van der Waals surface area contributed by atoms with Crippen molar-refractivity contribution in [2.75, 3.05) is 13.7 Å². The first-order chi connectivity index (χ1) is 6.38. The van der Waals surface area contributed by atoms with Crippen LogP contribution in [0.1, 0.15) is 24.4 Å². The zero-order valence-electron chi connectivity index (χ0n) is 7.90. The Bertz CT molecular complexity index is 226. The molecule has 0 fully saturated rings. The van der Waals surface area contributed by atoms with Crippen molar-refractivity contribution >= 4 is 0 Å². The summed E-state index contributed by atoms with van der Waals surface area (Å²) in [7, 11) is 1.93.